The van der Waals surface area contributed by atoms with Crippen LogP contribution in [-0.4, -0.2) is 47.0 Å². The van der Waals surface area contributed by atoms with E-state index in [9.17, 15) is 4.79 Å². The highest BCUT2D eigenvalue weighted by atomic mass is 16.5. The molecule has 1 atom stereocenters. The molecule has 140 valence electrons. The van der Waals surface area contributed by atoms with Crippen LogP contribution >= 0.6 is 0 Å². The highest BCUT2D eigenvalue weighted by Crippen LogP contribution is 2.23. The van der Waals surface area contributed by atoms with Crippen molar-refractivity contribution < 1.29 is 14.3 Å². The van der Waals surface area contributed by atoms with Gasteiger partial charge in [-0.2, -0.15) is 0 Å². The van der Waals surface area contributed by atoms with Gasteiger partial charge in [0.15, 0.2) is 0 Å². The first-order chi connectivity index (χ1) is 13.2. The first kappa shape index (κ1) is 17.4. The van der Waals surface area contributed by atoms with E-state index in [1.165, 1.54) is 0 Å². The maximum absolute atomic E-state index is 13.0. The summed E-state index contributed by atoms with van der Waals surface area (Å²) in [6, 6.07) is 13.3. The van der Waals surface area contributed by atoms with Crippen molar-refractivity contribution in [3.8, 4) is 11.5 Å². The molecular formula is C21H23N3O3. The van der Waals surface area contributed by atoms with E-state index in [2.05, 4.69) is 4.98 Å². The van der Waals surface area contributed by atoms with Crippen molar-refractivity contribution in [1.29, 1.82) is 0 Å². The number of aromatic nitrogens is 2. The lowest BCUT2D eigenvalue weighted by Crippen LogP contribution is -2.42. The second-order valence-corrected chi connectivity index (χ2v) is 6.82. The molecule has 1 aromatic carbocycles. The second-order valence-electron chi connectivity index (χ2n) is 6.82. The Hall–Kier alpha value is -3.02. The average Bonchev–Trinajstić information content (AvgIpc) is 3.16. The SMILES string of the molecule is COc1cccc(OCC2CCCN(C(=O)c3cnc4ccccn34)C2)c1. The molecule has 0 bridgehead atoms. The highest BCUT2D eigenvalue weighted by Gasteiger charge is 2.26. The normalized spacial score (nSPS) is 17.1. The summed E-state index contributed by atoms with van der Waals surface area (Å²) >= 11 is 0. The summed E-state index contributed by atoms with van der Waals surface area (Å²) in [7, 11) is 1.64. The number of rotatable bonds is 5. The number of hydrogen-bond donors (Lipinski definition) is 0. The molecule has 1 aliphatic heterocycles. The van der Waals surface area contributed by atoms with Gasteiger partial charge in [-0.05, 0) is 37.1 Å². The van der Waals surface area contributed by atoms with Gasteiger partial charge in [-0.25, -0.2) is 4.98 Å². The Morgan fingerprint density at radius 3 is 3.00 bits per heavy atom. The number of carbonyl (C=O) groups excluding carboxylic acids is 1. The van der Waals surface area contributed by atoms with Crippen LogP contribution in [0.1, 0.15) is 23.3 Å². The van der Waals surface area contributed by atoms with Crippen molar-refractivity contribution >= 4 is 11.6 Å². The third-order valence-corrected chi connectivity index (χ3v) is 4.97. The molecule has 1 saturated heterocycles. The van der Waals surface area contributed by atoms with E-state index >= 15 is 0 Å². The summed E-state index contributed by atoms with van der Waals surface area (Å²) in [5, 5.41) is 0. The summed E-state index contributed by atoms with van der Waals surface area (Å²) in [6.07, 6.45) is 5.58. The highest BCUT2D eigenvalue weighted by molar-refractivity contribution is 5.93. The Kier molecular flexibility index (Phi) is 4.96. The Labute approximate surface area is 158 Å². The van der Waals surface area contributed by atoms with Crippen LogP contribution in [0.15, 0.2) is 54.9 Å². The van der Waals surface area contributed by atoms with Crippen LogP contribution in [0.25, 0.3) is 5.65 Å². The minimum Gasteiger partial charge on any atom is -0.497 e. The van der Waals surface area contributed by atoms with Crippen molar-refractivity contribution in [2.75, 3.05) is 26.8 Å². The van der Waals surface area contributed by atoms with E-state index in [-0.39, 0.29) is 5.91 Å². The molecule has 2 aromatic heterocycles. The zero-order valence-electron chi connectivity index (χ0n) is 15.4. The minimum absolute atomic E-state index is 0.0276. The standard InChI is InChI=1S/C21H23N3O3/c1-26-17-7-4-8-18(12-17)27-15-16-6-5-10-23(14-16)21(25)19-13-22-20-9-2-3-11-24(19)20/h2-4,7-9,11-13,16H,5-6,10,14-15H2,1H3. The number of piperidine rings is 1. The largest absolute Gasteiger partial charge is 0.497 e. The van der Waals surface area contributed by atoms with Gasteiger partial charge in [0.05, 0.1) is 19.9 Å². The van der Waals surface area contributed by atoms with E-state index < -0.39 is 0 Å². The van der Waals surface area contributed by atoms with Crippen molar-refractivity contribution in [3.63, 3.8) is 0 Å². The molecule has 3 aromatic rings. The zero-order valence-corrected chi connectivity index (χ0v) is 15.4. The molecule has 27 heavy (non-hydrogen) atoms. The van der Waals surface area contributed by atoms with Crippen LogP contribution in [0.5, 0.6) is 11.5 Å². The van der Waals surface area contributed by atoms with E-state index in [4.69, 9.17) is 9.47 Å². The lowest BCUT2D eigenvalue weighted by Gasteiger charge is -2.32. The smallest absolute Gasteiger partial charge is 0.272 e. The Bertz CT molecular complexity index is 937. The fourth-order valence-electron chi connectivity index (χ4n) is 3.54. The van der Waals surface area contributed by atoms with Gasteiger partial charge in [0, 0.05) is 31.3 Å². The number of ether oxygens (including phenoxy) is 2. The first-order valence-corrected chi connectivity index (χ1v) is 9.23. The van der Waals surface area contributed by atoms with Crippen LogP contribution in [0.3, 0.4) is 0 Å². The molecule has 0 aliphatic carbocycles. The summed E-state index contributed by atoms with van der Waals surface area (Å²) in [5.74, 6) is 1.91. The monoisotopic (exact) mass is 365 g/mol. The second kappa shape index (κ2) is 7.70. The van der Waals surface area contributed by atoms with Crippen molar-refractivity contribution in [2.24, 2.45) is 5.92 Å². The summed E-state index contributed by atoms with van der Waals surface area (Å²) in [5.41, 5.74) is 1.40. The topological polar surface area (TPSA) is 56.1 Å². The molecule has 0 radical (unpaired) electrons. The predicted octanol–water partition coefficient (Wildman–Crippen LogP) is 3.27. The lowest BCUT2D eigenvalue weighted by molar-refractivity contribution is 0.0626. The van der Waals surface area contributed by atoms with E-state index in [1.807, 2.05) is 58.0 Å². The molecule has 1 unspecified atom stereocenters. The number of hydrogen-bond acceptors (Lipinski definition) is 4. The summed E-state index contributed by atoms with van der Waals surface area (Å²) in [4.78, 5) is 19.2. The zero-order chi connectivity index (χ0) is 18.6. The molecule has 6 nitrogen and oxygen atoms in total. The predicted molar refractivity (Wildman–Crippen MR) is 102 cm³/mol. The van der Waals surface area contributed by atoms with E-state index in [1.54, 1.807) is 13.3 Å². The number of amides is 1. The Balaban J connectivity index is 1.41. The molecule has 1 aliphatic rings. The van der Waals surface area contributed by atoms with Gasteiger partial charge in [-0.3, -0.25) is 9.20 Å². The average molecular weight is 365 g/mol. The fraction of sp³-hybridized carbons (Fsp3) is 0.333. The number of imidazole rings is 1. The van der Waals surface area contributed by atoms with E-state index in [0.29, 0.717) is 24.8 Å². The maximum Gasteiger partial charge on any atom is 0.272 e. The first-order valence-electron chi connectivity index (χ1n) is 9.23. The van der Waals surface area contributed by atoms with Crippen LogP contribution in [0.4, 0.5) is 0 Å². The van der Waals surface area contributed by atoms with Crippen LogP contribution in [-0.2, 0) is 0 Å². The number of methoxy groups -OCH3 is 1. The fourth-order valence-corrected chi connectivity index (χ4v) is 3.54. The molecule has 1 amide bonds. The molecule has 6 heteroatoms. The van der Waals surface area contributed by atoms with Gasteiger partial charge in [-0.15, -0.1) is 0 Å². The number of likely N-dealkylation sites (tertiary alicyclic amines) is 1. The number of pyridine rings is 1. The van der Waals surface area contributed by atoms with Gasteiger partial charge >= 0.3 is 0 Å². The molecule has 0 saturated carbocycles. The number of carbonyl (C=O) groups is 1. The summed E-state index contributed by atoms with van der Waals surface area (Å²) < 4.78 is 13.0. The number of nitrogens with zero attached hydrogens (tertiary/aromatic N) is 3. The van der Waals surface area contributed by atoms with Gasteiger partial charge < -0.3 is 14.4 Å². The van der Waals surface area contributed by atoms with Crippen molar-refractivity contribution in [1.82, 2.24) is 14.3 Å². The third-order valence-electron chi connectivity index (χ3n) is 4.97. The maximum atomic E-state index is 13.0. The van der Waals surface area contributed by atoms with Crippen LogP contribution in [0, 0.1) is 5.92 Å². The molecule has 0 spiro atoms. The summed E-state index contributed by atoms with van der Waals surface area (Å²) in [6.45, 7) is 2.06. The lowest BCUT2D eigenvalue weighted by atomic mass is 9.98. The molecular weight excluding hydrogens is 342 g/mol. The number of fused-ring (bicyclic) bond motifs is 1. The Morgan fingerprint density at radius 2 is 2.11 bits per heavy atom. The van der Waals surface area contributed by atoms with E-state index in [0.717, 1.165) is 36.5 Å². The molecule has 1 fully saturated rings. The van der Waals surface area contributed by atoms with Gasteiger partial charge in [-0.1, -0.05) is 12.1 Å². The quantitative estimate of drug-likeness (QED) is 0.696. The number of benzene rings is 1. The van der Waals surface area contributed by atoms with Crippen LogP contribution < -0.4 is 9.47 Å². The van der Waals surface area contributed by atoms with Crippen LogP contribution in [0.2, 0.25) is 0 Å². The minimum atomic E-state index is 0.0276. The van der Waals surface area contributed by atoms with Crippen molar-refractivity contribution in [3.05, 3.63) is 60.6 Å². The molecule has 0 N–H and O–H groups in total. The Morgan fingerprint density at radius 1 is 1.22 bits per heavy atom. The molecule has 4 rings (SSSR count). The molecule has 3 heterocycles. The third kappa shape index (κ3) is 3.74. The van der Waals surface area contributed by atoms with Gasteiger partial charge in [0.1, 0.15) is 22.8 Å². The van der Waals surface area contributed by atoms with Gasteiger partial charge in [0.25, 0.3) is 5.91 Å². The van der Waals surface area contributed by atoms with Gasteiger partial charge in [0.2, 0.25) is 0 Å². The van der Waals surface area contributed by atoms with Crippen molar-refractivity contribution in [2.45, 2.75) is 12.8 Å².